The van der Waals surface area contributed by atoms with Crippen molar-refractivity contribution in [3.63, 3.8) is 0 Å². The fourth-order valence-electron chi connectivity index (χ4n) is 2.12. The van der Waals surface area contributed by atoms with Gasteiger partial charge in [-0.1, -0.05) is 13.8 Å². The molecule has 1 aliphatic heterocycles. The van der Waals surface area contributed by atoms with Crippen LogP contribution in [-0.2, 0) is 10.2 Å². The second-order valence-electron chi connectivity index (χ2n) is 4.79. The second-order valence-corrected chi connectivity index (χ2v) is 4.79. The Bertz CT molecular complexity index is 373. The summed E-state index contributed by atoms with van der Waals surface area (Å²) < 4.78 is 0. The lowest BCUT2D eigenvalue weighted by atomic mass is 9.77. The molecule has 2 heterocycles. The maximum Gasteiger partial charge on any atom is 0.322 e. The molecule has 0 amide bonds. The number of hydrogen-bond donors (Lipinski definition) is 4. The highest BCUT2D eigenvalue weighted by molar-refractivity contribution is 5.73. The first-order valence-corrected chi connectivity index (χ1v) is 5.39. The Balaban J connectivity index is 2.12. The van der Waals surface area contributed by atoms with E-state index in [0.717, 1.165) is 0 Å². The molecule has 1 fully saturated rings. The van der Waals surface area contributed by atoms with Crippen molar-refractivity contribution in [2.24, 2.45) is 0 Å². The Kier molecular flexibility index (Phi) is 2.73. The quantitative estimate of drug-likeness (QED) is 0.605. The molecule has 5 nitrogen and oxygen atoms in total. The van der Waals surface area contributed by atoms with Crippen molar-refractivity contribution in [1.29, 1.82) is 0 Å². The number of aromatic nitrogens is 1. The molecule has 0 aromatic carbocycles. The fraction of sp³-hybridized carbons (Fsp3) is 0.545. The van der Waals surface area contributed by atoms with Crippen LogP contribution in [0.15, 0.2) is 18.5 Å². The van der Waals surface area contributed by atoms with E-state index in [9.17, 15) is 4.79 Å². The van der Waals surface area contributed by atoms with Crippen LogP contribution in [0, 0.1) is 0 Å². The first kappa shape index (κ1) is 11.2. The molecular weight excluding hydrogens is 206 g/mol. The summed E-state index contributed by atoms with van der Waals surface area (Å²) in [4.78, 5) is 13.9. The third-order valence-corrected chi connectivity index (χ3v) is 3.41. The number of H-pyrrole nitrogens is 1. The number of aromatic amines is 1. The van der Waals surface area contributed by atoms with E-state index >= 15 is 0 Å². The minimum atomic E-state index is -0.806. The third-order valence-electron chi connectivity index (χ3n) is 3.41. The molecule has 0 spiro atoms. The summed E-state index contributed by atoms with van der Waals surface area (Å²) in [5.41, 5.74) is 6.96. The van der Waals surface area contributed by atoms with Crippen molar-refractivity contribution in [3.05, 3.63) is 24.0 Å². The molecule has 5 heteroatoms. The van der Waals surface area contributed by atoms with E-state index < -0.39 is 12.0 Å². The van der Waals surface area contributed by atoms with Crippen LogP contribution in [0.3, 0.4) is 0 Å². The van der Waals surface area contributed by atoms with Crippen molar-refractivity contribution in [2.75, 3.05) is 0 Å². The van der Waals surface area contributed by atoms with Gasteiger partial charge in [0.15, 0.2) is 0 Å². The SMILES string of the molecule is CC(C)(c1cc[nH]c1)C1CC(C(=O)O)NN1. The zero-order chi connectivity index (χ0) is 11.8. The van der Waals surface area contributed by atoms with Crippen LogP contribution in [0.4, 0.5) is 0 Å². The highest BCUT2D eigenvalue weighted by atomic mass is 16.4. The van der Waals surface area contributed by atoms with E-state index in [2.05, 4.69) is 29.7 Å². The number of nitrogens with one attached hydrogen (secondary N) is 3. The summed E-state index contributed by atoms with van der Waals surface area (Å²) in [6.45, 7) is 4.22. The first-order chi connectivity index (χ1) is 7.51. The normalized spacial score (nSPS) is 25.9. The fourth-order valence-corrected chi connectivity index (χ4v) is 2.12. The predicted molar refractivity (Wildman–Crippen MR) is 59.9 cm³/mol. The van der Waals surface area contributed by atoms with Crippen molar-refractivity contribution < 1.29 is 9.90 Å². The molecule has 2 rings (SSSR count). The molecule has 1 saturated heterocycles. The largest absolute Gasteiger partial charge is 0.480 e. The van der Waals surface area contributed by atoms with E-state index in [4.69, 9.17) is 5.11 Å². The van der Waals surface area contributed by atoms with Gasteiger partial charge in [0.1, 0.15) is 6.04 Å². The monoisotopic (exact) mass is 223 g/mol. The average Bonchev–Trinajstić information content (AvgIpc) is 2.90. The zero-order valence-corrected chi connectivity index (χ0v) is 9.45. The molecule has 0 saturated carbocycles. The first-order valence-electron chi connectivity index (χ1n) is 5.39. The van der Waals surface area contributed by atoms with E-state index in [-0.39, 0.29) is 11.5 Å². The second kappa shape index (κ2) is 3.92. The van der Waals surface area contributed by atoms with Gasteiger partial charge in [-0.3, -0.25) is 10.2 Å². The molecule has 0 bridgehead atoms. The maximum absolute atomic E-state index is 10.9. The number of rotatable bonds is 3. The molecule has 1 aromatic rings. The Morgan fingerprint density at radius 1 is 1.50 bits per heavy atom. The van der Waals surface area contributed by atoms with Gasteiger partial charge in [-0.15, -0.1) is 0 Å². The number of hydrogen-bond acceptors (Lipinski definition) is 3. The van der Waals surface area contributed by atoms with E-state index in [1.807, 2.05) is 18.5 Å². The van der Waals surface area contributed by atoms with Crippen LogP contribution in [0.5, 0.6) is 0 Å². The molecule has 2 unspecified atom stereocenters. The van der Waals surface area contributed by atoms with Gasteiger partial charge in [0.05, 0.1) is 0 Å². The highest BCUT2D eigenvalue weighted by Crippen LogP contribution is 2.30. The Labute approximate surface area is 94.2 Å². The van der Waals surface area contributed by atoms with Crippen LogP contribution in [0.2, 0.25) is 0 Å². The Hall–Kier alpha value is -1.33. The van der Waals surface area contributed by atoms with Gasteiger partial charge in [0, 0.05) is 23.9 Å². The topological polar surface area (TPSA) is 77.2 Å². The van der Waals surface area contributed by atoms with Crippen LogP contribution < -0.4 is 10.9 Å². The van der Waals surface area contributed by atoms with Crippen molar-refractivity contribution in [2.45, 2.75) is 37.8 Å². The number of carboxylic acids is 1. The van der Waals surface area contributed by atoms with Crippen molar-refractivity contribution in [1.82, 2.24) is 15.8 Å². The van der Waals surface area contributed by atoms with E-state index in [1.165, 1.54) is 5.56 Å². The van der Waals surface area contributed by atoms with Gasteiger partial charge in [0.25, 0.3) is 0 Å². The van der Waals surface area contributed by atoms with Crippen LogP contribution in [0.25, 0.3) is 0 Å². The van der Waals surface area contributed by atoms with Gasteiger partial charge < -0.3 is 10.1 Å². The average molecular weight is 223 g/mol. The molecule has 0 radical (unpaired) electrons. The summed E-state index contributed by atoms with van der Waals surface area (Å²) in [5.74, 6) is -0.806. The van der Waals surface area contributed by atoms with Crippen molar-refractivity contribution in [3.8, 4) is 0 Å². The minimum absolute atomic E-state index is 0.100. The highest BCUT2D eigenvalue weighted by Gasteiger charge is 2.39. The van der Waals surface area contributed by atoms with Gasteiger partial charge in [-0.05, 0) is 18.1 Å². The van der Waals surface area contributed by atoms with Crippen molar-refractivity contribution >= 4 is 5.97 Å². The standard InChI is InChI=1S/C11H17N3O2/c1-11(2,7-3-4-12-6-7)9-5-8(10(15)16)13-14-9/h3-4,6,8-9,12-14H,5H2,1-2H3,(H,15,16). The summed E-state index contributed by atoms with van der Waals surface area (Å²) in [7, 11) is 0. The lowest BCUT2D eigenvalue weighted by Crippen LogP contribution is -2.44. The predicted octanol–water partition coefficient (Wildman–Crippen LogP) is 0.612. The summed E-state index contributed by atoms with van der Waals surface area (Å²) in [6.07, 6.45) is 4.43. The number of hydrazine groups is 1. The van der Waals surface area contributed by atoms with Crippen LogP contribution in [0.1, 0.15) is 25.8 Å². The number of carbonyl (C=O) groups is 1. The molecule has 1 aromatic heterocycles. The molecule has 4 N–H and O–H groups in total. The number of aliphatic carboxylic acids is 1. The lowest BCUT2D eigenvalue weighted by Gasteiger charge is -2.30. The van der Waals surface area contributed by atoms with Gasteiger partial charge in [0.2, 0.25) is 0 Å². The maximum atomic E-state index is 10.9. The summed E-state index contributed by atoms with van der Waals surface area (Å²) >= 11 is 0. The van der Waals surface area contributed by atoms with Gasteiger partial charge >= 0.3 is 5.97 Å². The molecule has 88 valence electrons. The molecule has 1 aliphatic rings. The van der Waals surface area contributed by atoms with Gasteiger partial charge in [-0.2, -0.15) is 0 Å². The number of carboxylic acid groups (broad SMARTS) is 1. The van der Waals surface area contributed by atoms with E-state index in [1.54, 1.807) is 0 Å². The zero-order valence-electron chi connectivity index (χ0n) is 9.45. The smallest absolute Gasteiger partial charge is 0.322 e. The van der Waals surface area contributed by atoms with Crippen LogP contribution >= 0.6 is 0 Å². The summed E-state index contributed by atoms with van der Waals surface area (Å²) in [5, 5.41) is 8.92. The van der Waals surface area contributed by atoms with E-state index in [0.29, 0.717) is 6.42 Å². The molecular formula is C11H17N3O2. The molecule has 0 aliphatic carbocycles. The Morgan fingerprint density at radius 2 is 2.25 bits per heavy atom. The third kappa shape index (κ3) is 1.83. The molecule has 16 heavy (non-hydrogen) atoms. The minimum Gasteiger partial charge on any atom is -0.480 e. The Morgan fingerprint density at radius 3 is 2.75 bits per heavy atom. The summed E-state index contributed by atoms with van der Waals surface area (Å²) in [6, 6.07) is 1.64. The molecule has 2 atom stereocenters. The lowest BCUT2D eigenvalue weighted by molar-refractivity contribution is -0.139. The van der Waals surface area contributed by atoms with Crippen LogP contribution in [-0.4, -0.2) is 28.1 Å². The van der Waals surface area contributed by atoms with Gasteiger partial charge in [-0.25, -0.2) is 5.43 Å².